The summed E-state index contributed by atoms with van der Waals surface area (Å²) < 4.78 is 62.6. The van der Waals surface area contributed by atoms with Crippen LogP contribution in [0.15, 0.2) is 24.3 Å². The Kier molecular flexibility index (Phi) is 4.38. The number of hydrogen-bond donors (Lipinski definition) is 0. The molecule has 1 aromatic carbocycles. The Hall–Kier alpha value is -2.10. The Morgan fingerprint density at radius 1 is 1.35 bits per heavy atom. The van der Waals surface area contributed by atoms with Gasteiger partial charge in [-0.25, -0.2) is 0 Å². The van der Waals surface area contributed by atoms with E-state index in [-0.39, 0.29) is 5.56 Å². The quantitative estimate of drug-likeness (QED) is 0.369. The van der Waals surface area contributed by atoms with E-state index in [1.807, 2.05) is 0 Å². The number of allylic oxidation sites excluding steroid dienone is 1. The standard InChI is InChI=1S/C10H8F3NO5S/c1-2-4-7-5-3-6-8(14(15)16)9(7)19-20(17,18)10(11,12)13/h2-6H,1H3/b4-2+. The van der Waals surface area contributed by atoms with E-state index in [0.717, 1.165) is 6.07 Å². The number of nitro benzene ring substituents is 1. The molecule has 0 bridgehead atoms. The SMILES string of the molecule is C/C=C/c1cccc([N+](=O)[O-])c1OS(=O)(=O)C(F)(F)F. The van der Waals surface area contributed by atoms with Gasteiger partial charge in [0.1, 0.15) is 0 Å². The van der Waals surface area contributed by atoms with Crippen LogP contribution < -0.4 is 4.18 Å². The van der Waals surface area contributed by atoms with Crippen molar-refractivity contribution < 1.29 is 30.7 Å². The number of benzene rings is 1. The van der Waals surface area contributed by atoms with Crippen molar-refractivity contribution in [3.8, 4) is 5.75 Å². The van der Waals surface area contributed by atoms with Crippen LogP contribution in [0.1, 0.15) is 12.5 Å². The monoisotopic (exact) mass is 311 g/mol. The van der Waals surface area contributed by atoms with E-state index in [4.69, 9.17) is 0 Å². The number of alkyl halides is 3. The first-order valence-corrected chi connectivity index (χ1v) is 6.42. The van der Waals surface area contributed by atoms with Gasteiger partial charge in [-0.3, -0.25) is 10.1 Å². The summed E-state index contributed by atoms with van der Waals surface area (Å²) in [6.07, 6.45) is 2.56. The molecule has 20 heavy (non-hydrogen) atoms. The number of nitrogens with zero attached hydrogens (tertiary/aromatic N) is 1. The maximum absolute atomic E-state index is 12.3. The molecule has 0 spiro atoms. The predicted molar refractivity (Wildman–Crippen MR) is 63.4 cm³/mol. The average Bonchev–Trinajstić information content (AvgIpc) is 2.29. The predicted octanol–water partition coefficient (Wildman–Crippen LogP) is 2.86. The molecule has 0 aliphatic carbocycles. The van der Waals surface area contributed by atoms with Crippen LogP contribution in [-0.2, 0) is 10.1 Å². The van der Waals surface area contributed by atoms with Gasteiger partial charge in [-0.1, -0.05) is 24.3 Å². The minimum absolute atomic E-state index is 0.158. The Labute approximate surface area is 111 Å². The summed E-state index contributed by atoms with van der Waals surface area (Å²) in [7, 11) is -5.99. The highest BCUT2D eigenvalue weighted by atomic mass is 32.2. The van der Waals surface area contributed by atoms with Crippen LogP contribution in [0, 0.1) is 10.1 Å². The van der Waals surface area contributed by atoms with Crippen LogP contribution >= 0.6 is 0 Å². The summed E-state index contributed by atoms with van der Waals surface area (Å²) in [5.41, 5.74) is -6.72. The normalized spacial score (nSPS) is 12.6. The van der Waals surface area contributed by atoms with E-state index in [1.54, 1.807) is 0 Å². The van der Waals surface area contributed by atoms with E-state index in [9.17, 15) is 31.7 Å². The molecule has 0 aliphatic rings. The maximum Gasteiger partial charge on any atom is 0.534 e. The van der Waals surface area contributed by atoms with Gasteiger partial charge in [0.15, 0.2) is 0 Å². The molecule has 0 radical (unpaired) electrons. The van der Waals surface area contributed by atoms with Gasteiger partial charge < -0.3 is 4.18 Å². The van der Waals surface area contributed by atoms with Gasteiger partial charge in [0.05, 0.1) is 4.92 Å². The van der Waals surface area contributed by atoms with E-state index in [1.165, 1.54) is 31.2 Å². The van der Waals surface area contributed by atoms with Crippen molar-refractivity contribution in [1.29, 1.82) is 0 Å². The van der Waals surface area contributed by atoms with Gasteiger partial charge in [-0.15, -0.1) is 0 Å². The average molecular weight is 311 g/mol. The molecule has 0 N–H and O–H groups in total. The Balaban J connectivity index is 3.46. The molecule has 1 aromatic rings. The summed E-state index contributed by atoms with van der Waals surface area (Å²) in [6, 6.07) is 3.23. The van der Waals surface area contributed by atoms with Gasteiger partial charge in [0, 0.05) is 11.6 Å². The van der Waals surface area contributed by atoms with Gasteiger partial charge in [-0.05, 0) is 6.92 Å². The lowest BCUT2D eigenvalue weighted by Gasteiger charge is -2.11. The molecule has 0 aromatic heterocycles. The lowest BCUT2D eigenvalue weighted by Crippen LogP contribution is -2.28. The number of hydrogen-bond acceptors (Lipinski definition) is 5. The third kappa shape index (κ3) is 3.26. The molecule has 10 heteroatoms. The van der Waals surface area contributed by atoms with Gasteiger partial charge >= 0.3 is 21.3 Å². The van der Waals surface area contributed by atoms with Gasteiger partial charge in [0.25, 0.3) is 0 Å². The van der Waals surface area contributed by atoms with E-state index >= 15 is 0 Å². The lowest BCUT2D eigenvalue weighted by atomic mass is 10.1. The van der Waals surface area contributed by atoms with Crippen molar-refractivity contribution in [3.63, 3.8) is 0 Å². The number of halogens is 3. The fourth-order valence-corrected chi connectivity index (χ4v) is 1.74. The molecule has 0 saturated carbocycles. The number of nitro groups is 1. The Morgan fingerprint density at radius 2 is 1.95 bits per heavy atom. The number of para-hydroxylation sites is 1. The molecule has 0 fully saturated rings. The molecule has 0 unspecified atom stereocenters. The summed E-state index contributed by atoms with van der Waals surface area (Å²) in [6.45, 7) is 1.50. The van der Waals surface area contributed by atoms with Crippen molar-refractivity contribution >= 4 is 21.9 Å². The summed E-state index contributed by atoms with van der Waals surface area (Å²) >= 11 is 0. The fraction of sp³-hybridized carbons (Fsp3) is 0.200. The van der Waals surface area contributed by atoms with Crippen LogP contribution in [0.2, 0.25) is 0 Å². The van der Waals surface area contributed by atoms with Crippen molar-refractivity contribution in [2.45, 2.75) is 12.4 Å². The van der Waals surface area contributed by atoms with Crippen LogP contribution in [0.3, 0.4) is 0 Å². The smallest absolute Gasteiger partial charge is 0.368 e. The second kappa shape index (κ2) is 5.49. The van der Waals surface area contributed by atoms with E-state index < -0.39 is 32.0 Å². The molecule has 0 atom stereocenters. The maximum atomic E-state index is 12.3. The zero-order valence-electron chi connectivity index (χ0n) is 9.92. The zero-order valence-corrected chi connectivity index (χ0v) is 10.7. The van der Waals surface area contributed by atoms with Crippen LogP contribution in [0.4, 0.5) is 18.9 Å². The first kappa shape index (κ1) is 16.0. The number of rotatable bonds is 4. The summed E-state index contributed by atoms with van der Waals surface area (Å²) in [5.74, 6) is -0.979. The van der Waals surface area contributed by atoms with E-state index in [0.29, 0.717) is 0 Å². The highest BCUT2D eigenvalue weighted by Gasteiger charge is 2.49. The minimum atomic E-state index is -5.99. The third-order valence-electron chi connectivity index (χ3n) is 2.04. The van der Waals surface area contributed by atoms with Crippen molar-refractivity contribution in [3.05, 3.63) is 40.0 Å². The van der Waals surface area contributed by atoms with Crippen LogP contribution in [0.5, 0.6) is 5.75 Å². The highest BCUT2D eigenvalue weighted by molar-refractivity contribution is 7.88. The molecule has 1 rings (SSSR count). The summed E-state index contributed by atoms with van der Waals surface area (Å²) in [5, 5.41) is 10.7. The second-order valence-corrected chi connectivity index (χ2v) is 4.97. The summed E-state index contributed by atoms with van der Waals surface area (Å²) in [4.78, 5) is 9.71. The Bertz CT molecular complexity index is 651. The van der Waals surface area contributed by atoms with Crippen molar-refractivity contribution in [2.75, 3.05) is 0 Å². The first-order valence-electron chi connectivity index (χ1n) is 5.01. The fourth-order valence-electron chi connectivity index (χ4n) is 1.24. The second-order valence-electron chi connectivity index (χ2n) is 3.44. The van der Waals surface area contributed by atoms with Crippen LogP contribution in [-0.4, -0.2) is 18.8 Å². The molecule has 0 aliphatic heterocycles. The molecule has 0 heterocycles. The van der Waals surface area contributed by atoms with Crippen molar-refractivity contribution in [1.82, 2.24) is 0 Å². The largest absolute Gasteiger partial charge is 0.534 e. The van der Waals surface area contributed by atoms with Gasteiger partial charge in [0.2, 0.25) is 5.75 Å². The zero-order chi connectivity index (χ0) is 15.6. The first-order chi connectivity index (χ1) is 9.10. The molecular formula is C10H8F3NO5S. The molecule has 0 saturated heterocycles. The molecule has 0 amide bonds. The van der Waals surface area contributed by atoms with Gasteiger partial charge in [-0.2, -0.15) is 21.6 Å². The molecular weight excluding hydrogens is 303 g/mol. The van der Waals surface area contributed by atoms with Crippen LogP contribution in [0.25, 0.3) is 6.08 Å². The van der Waals surface area contributed by atoms with Crippen molar-refractivity contribution in [2.24, 2.45) is 0 Å². The molecule has 110 valence electrons. The molecule has 6 nitrogen and oxygen atoms in total. The lowest BCUT2D eigenvalue weighted by molar-refractivity contribution is -0.385. The Morgan fingerprint density at radius 3 is 2.40 bits per heavy atom. The third-order valence-corrected chi connectivity index (χ3v) is 3.00. The van der Waals surface area contributed by atoms with E-state index in [2.05, 4.69) is 4.18 Å². The highest BCUT2D eigenvalue weighted by Crippen LogP contribution is 2.36. The topological polar surface area (TPSA) is 86.5 Å². The minimum Gasteiger partial charge on any atom is -0.368 e.